The van der Waals surface area contributed by atoms with Crippen molar-refractivity contribution in [2.24, 2.45) is 10.7 Å². The standard InChI is InChI=1S/C19H22N4O2/c20-17(24)9-5-11-25-18-12-16(15-8-4-10-21-13-15)22-19(23-18)14-6-2-1-3-7-14/h1-2,6,8,12-13H,3-5,7,9-11H2,(H2,20,24). The number of hydrogen-bond donors (Lipinski definition) is 1. The molecule has 3 rings (SSSR count). The van der Waals surface area contributed by atoms with Gasteiger partial charge in [0.25, 0.3) is 0 Å². The average molecular weight is 338 g/mol. The predicted octanol–water partition coefficient (Wildman–Crippen LogP) is 2.71. The van der Waals surface area contributed by atoms with Gasteiger partial charge in [0.05, 0.1) is 12.3 Å². The fourth-order valence-corrected chi connectivity index (χ4v) is 2.68. The molecule has 1 amide bonds. The van der Waals surface area contributed by atoms with Gasteiger partial charge >= 0.3 is 0 Å². The van der Waals surface area contributed by atoms with E-state index in [-0.39, 0.29) is 5.91 Å². The molecular weight excluding hydrogens is 316 g/mol. The van der Waals surface area contributed by atoms with Gasteiger partial charge in [-0.25, -0.2) is 4.98 Å². The van der Waals surface area contributed by atoms with E-state index in [9.17, 15) is 4.79 Å². The fourth-order valence-electron chi connectivity index (χ4n) is 2.68. The van der Waals surface area contributed by atoms with E-state index < -0.39 is 0 Å². The Morgan fingerprint density at radius 2 is 2.20 bits per heavy atom. The Bertz CT molecular complexity index is 763. The summed E-state index contributed by atoms with van der Waals surface area (Å²) in [6, 6.07) is 1.83. The van der Waals surface area contributed by atoms with E-state index in [2.05, 4.69) is 22.1 Å². The number of ether oxygens (including phenoxy) is 1. The minimum Gasteiger partial charge on any atom is -0.478 e. The molecule has 0 saturated carbocycles. The summed E-state index contributed by atoms with van der Waals surface area (Å²) in [5.74, 6) is 0.877. The molecule has 6 heteroatoms. The third-order valence-corrected chi connectivity index (χ3v) is 3.97. The third-order valence-electron chi connectivity index (χ3n) is 3.97. The molecule has 2 N–H and O–H groups in total. The molecule has 0 saturated heterocycles. The number of nitrogens with two attached hydrogens (primary N) is 1. The van der Waals surface area contributed by atoms with Crippen LogP contribution in [0, 0.1) is 0 Å². The van der Waals surface area contributed by atoms with Gasteiger partial charge in [-0.2, -0.15) is 4.98 Å². The molecule has 0 aromatic carbocycles. The normalized spacial score (nSPS) is 16.3. The zero-order valence-corrected chi connectivity index (χ0v) is 14.1. The number of nitrogens with zero attached hydrogens (tertiary/aromatic N) is 3. The van der Waals surface area contributed by atoms with Gasteiger partial charge in [0.2, 0.25) is 11.8 Å². The van der Waals surface area contributed by atoms with Gasteiger partial charge < -0.3 is 10.5 Å². The van der Waals surface area contributed by atoms with Crippen molar-refractivity contribution in [3.63, 3.8) is 0 Å². The van der Waals surface area contributed by atoms with Crippen molar-refractivity contribution >= 4 is 23.3 Å². The highest BCUT2D eigenvalue weighted by atomic mass is 16.5. The molecular formula is C19H22N4O2. The number of carbonyl (C=O) groups excluding carboxylic acids is 1. The number of aliphatic imine (C=N–C) groups is 1. The maximum atomic E-state index is 10.8. The van der Waals surface area contributed by atoms with Crippen LogP contribution in [0.15, 0.2) is 35.4 Å². The highest BCUT2D eigenvalue weighted by Crippen LogP contribution is 2.25. The van der Waals surface area contributed by atoms with E-state index in [0.717, 1.165) is 42.6 Å². The molecule has 25 heavy (non-hydrogen) atoms. The molecule has 1 aliphatic heterocycles. The Morgan fingerprint density at radius 1 is 1.28 bits per heavy atom. The number of rotatable bonds is 7. The second kappa shape index (κ2) is 8.37. The number of dihydropyridines is 1. The first-order chi connectivity index (χ1) is 12.2. The fraction of sp³-hybridized carbons (Fsp3) is 0.368. The summed E-state index contributed by atoms with van der Waals surface area (Å²) >= 11 is 0. The van der Waals surface area contributed by atoms with Crippen molar-refractivity contribution in [2.45, 2.75) is 32.1 Å². The molecule has 1 aromatic heterocycles. The molecule has 6 nitrogen and oxygen atoms in total. The predicted molar refractivity (Wildman–Crippen MR) is 98.3 cm³/mol. The lowest BCUT2D eigenvalue weighted by atomic mass is 10.0. The summed E-state index contributed by atoms with van der Waals surface area (Å²) in [6.07, 6.45) is 13.9. The summed E-state index contributed by atoms with van der Waals surface area (Å²) in [5, 5.41) is 0. The van der Waals surface area contributed by atoms with E-state index in [1.54, 1.807) is 0 Å². The summed E-state index contributed by atoms with van der Waals surface area (Å²) < 4.78 is 5.74. The number of hydrogen-bond acceptors (Lipinski definition) is 5. The Morgan fingerprint density at radius 3 is 2.92 bits per heavy atom. The highest BCUT2D eigenvalue weighted by Gasteiger charge is 2.14. The van der Waals surface area contributed by atoms with Crippen molar-refractivity contribution in [2.75, 3.05) is 13.2 Å². The van der Waals surface area contributed by atoms with E-state index in [0.29, 0.717) is 31.2 Å². The Labute approximate surface area is 147 Å². The van der Waals surface area contributed by atoms with Crippen LogP contribution >= 0.6 is 0 Å². The Balaban J connectivity index is 1.84. The maximum Gasteiger partial charge on any atom is 0.217 e. The van der Waals surface area contributed by atoms with Crippen molar-refractivity contribution in [1.82, 2.24) is 9.97 Å². The first kappa shape index (κ1) is 17.1. The summed E-state index contributed by atoms with van der Waals surface area (Å²) in [6.45, 7) is 1.21. The number of amides is 1. The molecule has 2 heterocycles. The van der Waals surface area contributed by atoms with Crippen molar-refractivity contribution < 1.29 is 9.53 Å². The number of allylic oxidation sites excluding steroid dienone is 5. The second-order valence-corrected chi connectivity index (χ2v) is 5.98. The molecule has 2 aliphatic rings. The largest absolute Gasteiger partial charge is 0.478 e. The molecule has 0 atom stereocenters. The molecule has 0 radical (unpaired) electrons. The lowest BCUT2D eigenvalue weighted by molar-refractivity contribution is -0.118. The van der Waals surface area contributed by atoms with Crippen molar-refractivity contribution in [1.29, 1.82) is 0 Å². The zero-order chi connectivity index (χ0) is 17.5. The monoisotopic (exact) mass is 338 g/mol. The lowest BCUT2D eigenvalue weighted by Gasteiger charge is -2.13. The second-order valence-electron chi connectivity index (χ2n) is 5.98. The van der Waals surface area contributed by atoms with Crippen LogP contribution in [0.2, 0.25) is 0 Å². The summed E-state index contributed by atoms with van der Waals surface area (Å²) in [7, 11) is 0. The van der Waals surface area contributed by atoms with Crippen LogP contribution < -0.4 is 10.5 Å². The van der Waals surface area contributed by atoms with Crippen LogP contribution in [0.5, 0.6) is 5.88 Å². The van der Waals surface area contributed by atoms with Crippen LogP contribution in [0.1, 0.15) is 43.6 Å². The van der Waals surface area contributed by atoms with Gasteiger partial charge in [-0.05, 0) is 31.3 Å². The van der Waals surface area contributed by atoms with Gasteiger partial charge in [-0.1, -0.05) is 24.3 Å². The summed E-state index contributed by atoms with van der Waals surface area (Å²) in [5.41, 5.74) is 8.06. The molecule has 1 aliphatic carbocycles. The van der Waals surface area contributed by atoms with Crippen LogP contribution in [-0.4, -0.2) is 35.2 Å². The van der Waals surface area contributed by atoms with Crippen LogP contribution in [0.3, 0.4) is 0 Å². The van der Waals surface area contributed by atoms with Crippen LogP contribution in [0.25, 0.3) is 11.1 Å². The molecule has 0 spiro atoms. The highest BCUT2D eigenvalue weighted by molar-refractivity contribution is 6.09. The smallest absolute Gasteiger partial charge is 0.217 e. The maximum absolute atomic E-state index is 10.8. The average Bonchev–Trinajstić information content (AvgIpc) is 2.66. The molecule has 0 bridgehead atoms. The van der Waals surface area contributed by atoms with E-state index in [1.807, 2.05) is 24.4 Å². The van der Waals surface area contributed by atoms with Gasteiger partial charge in [-0.3, -0.25) is 9.79 Å². The Hall–Kier alpha value is -2.76. The van der Waals surface area contributed by atoms with E-state index >= 15 is 0 Å². The zero-order valence-electron chi connectivity index (χ0n) is 14.1. The van der Waals surface area contributed by atoms with E-state index in [1.165, 1.54) is 0 Å². The SMILES string of the molecule is NC(=O)CCCOc1cc(C2=CCCN=C2)nc(C2=CC=CCC2)n1. The van der Waals surface area contributed by atoms with Gasteiger partial charge in [0.1, 0.15) is 0 Å². The third kappa shape index (κ3) is 4.86. The molecule has 1 aromatic rings. The van der Waals surface area contributed by atoms with Gasteiger partial charge in [-0.15, -0.1) is 0 Å². The van der Waals surface area contributed by atoms with Gasteiger partial charge in [0, 0.05) is 30.8 Å². The first-order valence-corrected chi connectivity index (χ1v) is 8.59. The molecule has 130 valence electrons. The minimum atomic E-state index is -0.324. The molecule has 0 unspecified atom stereocenters. The number of carbonyl (C=O) groups is 1. The quantitative estimate of drug-likeness (QED) is 0.774. The minimum absolute atomic E-state index is 0.304. The lowest BCUT2D eigenvalue weighted by Crippen LogP contribution is -2.12. The summed E-state index contributed by atoms with van der Waals surface area (Å²) in [4.78, 5) is 24.4. The molecule has 0 fully saturated rings. The number of aromatic nitrogens is 2. The van der Waals surface area contributed by atoms with Gasteiger partial charge in [0.15, 0.2) is 5.82 Å². The van der Waals surface area contributed by atoms with E-state index in [4.69, 9.17) is 15.5 Å². The van der Waals surface area contributed by atoms with Crippen molar-refractivity contribution in [3.8, 4) is 5.88 Å². The van der Waals surface area contributed by atoms with Crippen molar-refractivity contribution in [3.05, 3.63) is 41.9 Å². The number of primary amides is 1. The van der Waals surface area contributed by atoms with Crippen LogP contribution in [-0.2, 0) is 4.79 Å². The first-order valence-electron chi connectivity index (χ1n) is 8.59. The topological polar surface area (TPSA) is 90.5 Å². The van der Waals surface area contributed by atoms with Crippen LogP contribution in [0.4, 0.5) is 0 Å². The Kier molecular flexibility index (Phi) is 5.72.